The molecule has 0 rings (SSSR count). The second-order valence-electron chi connectivity index (χ2n) is 4.21. The molecular weight excluding hydrogens is 232 g/mol. The fraction of sp³-hybridized carbons (Fsp3) is 0.538. The Morgan fingerprint density at radius 1 is 1.33 bits per heavy atom. The number of urea groups is 1. The van der Waals surface area contributed by atoms with Gasteiger partial charge in [0.25, 0.3) is 0 Å². The molecule has 0 aliphatic heterocycles. The van der Waals surface area contributed by atoms with E-state index in [0.29, 0.717) is 26.1 Å². The SMILES string of the molecule is C=CCN(CC=C)C(=O)NCC(C)CCC(=O)O. The first kappa shape index (κ1) is 16.2. The molecule has 1 atom stereocenters. The number of carboxylic acids is 1. The van der Waals surface area contributed by atoms with Crippen LogP contribution in [0.3, 0.4) is 0 Å². The highest BCUT2D eigenvalue weighted by molar-refractivity contribution is 5.74. The Hall–Kier alpha value is -1.78. The minimum atomic E-state index is -0.812. The predicted octanol–water partition coefficient (Wildman–Crippen LogP) is 1.87. The van der Waals surface area contributed by atoms with Gasteiger partial charge in [-0.3, -0.25) is 4.79 Å². The van der Waals surface area contributed by atoms with Crippen molar-refractivity contribution >= 4 is 12.0 Å². The molecule has 1 unspecified atom stereocenters. The van der Waals surface area contributed by atoms with E-state index in [0.717, 1.165) is 0 Å². The molecular formula is C13H22N2O3. The predicted molar refractivity (Wildman–Crippen MR) is 71.4 cm³/mol. The van der Waals surface area contributed by atoms with Crippen LogP contribution in [0.15, 0.2) is 25.3 Å². The van der Waals surface area contributed by atoms with Gasteiger partial charge in [-0.1, -0.05) is 19.1 Å². The number of carboxylic acid groups (broad SMARTS) is 1. The molecule has 0 aromatic rings. The molecule has 0 bridgehead atoms. The van der Waals surface area contributed by atoms with E-state index in [9.17, 15) is 9.59 Å². The van der Waals surface area contributed by atoms with Crippen LogP contribution in [-0.4, -0.2) is 41.6 Å². The third-order valence-corrected chi connectivity index (χ3v) is 2.44. The molecule has 0 saturated carbocycles. The van der Waals surface area contributed by atoms with E-state index < -0.39 is 5.97 Å². The summed E-state index contributed by atoms with van der Waals surface area (Å²) in [6, 6.07) is -0.183. The molecule has 0 aliphatic rings. The molecule has 0 heterocycles. The minimum absolute atomic E-state index is 0.125. The second-order valence-corrected chi connectivity index (χ2v) is 4.21. The zero-order valence-electron chi connectivity index (χ0n) is 10.9. The van der Waals surface area contributed by atoms with Crippen LogP contribution in [0.4, 0.5) is 4.79 Å². The quantitative estimate of drug-likeness (QED) is 0.617. The van der Waals surface area contributed by atoms with Crippen molar-refractivity contribution in [1.29, 1.82) is 0 Å². The van der Waals surface area contributed by atoms with Crippen molar-refractivity contribution in [3.63, 3.8) is 0 Å². The van der Waals surface area contributed by atoms with E-state index in [1.165, 1.54) is 0 Å². The highest BCUT2D eigenvalue weighted by Gasteiger charge is 2.12. The van der Waals surface area contributed by atoms with Gasteiger partial charge in [-0.05, 0) is 12.3 Å². The molecule has 0 aromatic carbocycles. The Labute approximate surface area is 108 Å². The van der Waals surface area contributed by atoms with Crippen molar-refractivity contribution in [3.05, 3.63) is 25.3 Å². The van der Waals surface area contributed by atoms with Crippen molar-refractivity contribution < 1.29 is 14.7 Å². The first-order valence-electron chi connectivity index (χ1n) is 5.97. The molecule has 0 aliphatic carbocycles. The monoisotopic (exact) mass is 254 g/mol. The van der Waals surface area contributed by atoms with Crippen LogP contribution in [0.5, 0.6) is 0 Å². The van der Waals surface area contributed by atoms with Gasteiger partial charge in [0.05, 0.1) is 0 Å². The molecule has 0 fully saturated rings. The Kier molecular flexibility index (Phi) is 8.35. The minimum Gasteiger partial charge on any atom is -0.481 e. The van der Waals surface area contributed by atoms with Crippen molar-refractivity contribution in [3.8, 4) is 0 Å². The van der Waals surface area contributed by atoms with Crippen LogP contribution in [0, 0.1) is 5.92 Å². The Morgan fingerprint density at radius 2 is 1.89 bits per heavy atom. The van der Waals surface area contributed by atoms with Crippen molar-refractivity contribution in [1.82, 2.24) is 10.2 Å². The highest BCUT2D eigenvalue weighted by Crippen LogP contribution is 2.04. The lowest BCUT2D eigenvalue weighted by Crippen LogP contribution is -2.41. The molecule has 102 valence electrons. The van der Waals surface area contributed by atoms with Crippen molar-refractivity contribution in [2.24, 2.45) is 5.92 Å². The number of rotatable bonds is 9. The van der Waals surface area contributed by atoms with Crippen LogP contribution < -0.4 is 5.32 Å². The third kappa shape index (κ3) is 7.49. The lowest BCUT2D eigenvalue weighted by Gasteiger charge is -2.21. The zero-order chi connectivity index (χ0) is 14.0. The molecule has 5 heteroatoms. The lowest BCUT2D eigenvalue weighted by atomic mass is 10.1. The summed E-state index contributed by atoms with van der Waals surface area (Å²) in [6.07, 6.45) is 3.98. The Bertz CT molecular complexity index is 293. The number of hydrogen-bond acceptors (Lipinski definition) is 2. The number of amides is 2. The van der Waals surface area contributed by atoms with Crippen molar-refractivity contribution in [2.45, 2.75) is 19.8 Å². The largest absolute Gasteiger partial charge is 0.481 e. The number of nitrogens with zero attached hydrogens (tertiary/aromatic N) is 1. The summed E-state index contributed by atoms with van der Waals surface area (Å²) in [5.41, 5.74) is 0. The smallest absolute Gasteiger partial charge is 0.317 e. The standard InChI is InChI=1S/C13H22N2O3/c1-4-8-15(9-5-2)13(18)14-10-11(3)6-7-12(16)17/h4-5,11H,1-2,6-10H2,3H3,(H,14,18)(H,16,17). The number of nitrogens with one attached hydrogen (secondary N) is 1. The van der Waals surface area contributed by atoms with Gasteiger partial charge in [0.2, 0.25) is 0 Å². The zero-order valence-corrected chi connectivity index (χ0v) is 10.9. The molecule has 0 radical (unpaired) electrons. The molecule has 5 nitrogen and oxygen atoms in total. The van der Waals surface area contributed by atoms with Crippen LogP contribution in [0.2, 0.25) is 0 Å². The van der Waals surface area contributed by atoms with Gasteiger partial charge >= 0.3 is 12.0 Å². The highest BCUT2D eigenvalue weighted by atomic mass is 16.4. The van der Waals surface area contributed by atoms with Gasteiger partial charge < -0.3 is 15.3 Å². The molecule has 0 saturated heterocycles. The van der Waals surface area contributed by atoms with Gasteiger partial charge in [-0.2, -0.15) is 0 Å². The molecule has 0 aromatic heterocycles. The van der Waals surface area contributed by atoms with Crippen molar-refractivity contribution in [2.75, 3.05) is 19.6 Å². The normalized spacial score (nSPS) is 11.4. The topological polar surface area (TPSA) is 69.6 Å². The maximum absolute atomic E-state index is 11.8. The summed E-state index contributed by atoms with van der Waals surface area (Å²) in [4.78, 5) is 23.7. The Morgan fingerprint density at radius 3 is 2.33 bits per heavy atom. The summed E-state index contributed by atoms with van der Waals surface area (Å²) in [5, 5.41) is 11.3. The first-order valence-corrected chi connectivity index (χ1v) is 5.97. The van der Waals surface area contributed by atoms with E-state index in [1.54, 1.807) is 17.1 Å². The third-order valence-electron chi connectivity index (χ3n) is 2.44. The van der Waals surface area contributed by atoms with E-state index in [-0.39, 0.29) is 18.4 Å². The number of hydrogen-bond donors (Lipinski definition) is 2. The second kappa shape index (κ2) is 9.27. The van der Waals surface area contributed by atoms with Gasteiger partial charge in [-0.15, -0.1) is 13.2 Å². The first-order chi connectivity index (χ1) is 8.51. The molecule has 0 spiro atoms. The van der Waals surface area contributed by atoms with Gasteiger partial charge in [0.1, 0.15) is 0 Å². The number of aliphatic carboxylic acids is 1. The summed E-state index contributed by atoms with van der Waals surface area (Å²) in [7, 11) is 0. The molecule has 18 heavy (non-hydrogen) atoms. The Balaban J connectivity index is 4.01. The number of carbonyl (C=O) groups is 2. The summed E-state index contributed by atoms with van der Waals surface area (Å²) < 4.78 is 0. The van der Waals surface area contributed by atoms with E-state index in [1.807, 2.05) is 6.92 Å². The van der Waals surface area contributed by atoms with Gasteiger partial charge in [0.15, 0.2) is 0 Å². The van der Waals surface area contributed by atoms with Crippen LogP contribution in [0.25, 0.3) is 0 Å². The van der Waals surface area contributed by atoms with Crippen LogP contribution >= 0.6 is 0 Å². The van der Waals surface area contributed by atoms with E-state index in [2.05, 4.69) is 18.5 Å². The molecule has 2 amide bonds. The molecule has 2 N–H and O–H groups in total. The fourth-order valence-electron chi connectivity index (χ4n) is 1.40. The fourth-order valence-corrected chi connectivity index (χ4v) is 1.40. The van der Waals surface area contributed by atoms with Gasteiger partial charge in [-0.25, -0.2) is 4.79 Å². The van der Waals surface area contributed by atoms with E-state index >= 15 is 0 Å². The maximum atomic E-state index is 11.8. The average Bonchev–Trinajstić information content (AvgIpc) is 2.33. The number of carbonyl (C=O) groups excluding carboxylic acids is 1. The summed E-state index contributed by atoms with van der Waals surface area (Å²) >= 11 is 0. The van der Waals surface area contributed by atoms with Gasteiger partial charge in [0, 0.05) is 26.1 Å². The summed E-state index contributed by atoms with van der Waals surface area (Å²) in [5.74, 6) is -0.674. The maximum Gasteiger partial charge on any atom is 0.317 e. The summed E-state index contributed by atoms with van der Waals surface area (Å²) in [6.45, 7) is 10.5. The lowest BCUT2D eigenvalue weighted by molar-refractivity contribution is -0.137. The average molecular weight is 254 g/mol. The van der Waals surface area contributed by atoms with E-state index in [4.69, 9.17) is 5.11 Å². The van der Waals surface area contributed by atoms with Crippen LogP contribution in [-0.2, 0) is 4.79 Å². The van der Waals surface area contributed by atoms with Crippen LogP contribution in [0.1, 0.15) is 19.8 Å².